The molecule has 2 rings (SSSR count). The van der Waals surface area contributed by atoms with E-state index in [2.05, 4.69) is 30.4 Å². The van der Waals surface area contributed by atoms with E-state index in [1.54, 1.807) is 7.11 Å². The first-order chi connectivity index (χ1) is 7.36. The first-order valence-electron chi connectivity index (χ1n) is 5.70. The minimum Gasteiger partial charge on any atom is -0.496 e. The highest BCUT2D eigenvalue weighted by atomic mass is 16.5. The van der Waals surface area contributed by atoms with Gasteiger partial charge in [-0.05, 0) is 24.1 Å². The molecule has 1 aromatic rings. The van der Waals surface area contributed by atoms with Crippen molar-refractivity contribution in [2.75, 3.05) is 20.2 Å². The molecule has 2 atom stereocenters. The predicted octanol–water partition coefficient (Wildman–Crippen LogP) is 2.41. The third-order valence-corrected chi connectivity index (χ3v) is 3.40. The summed E-state index contributed by atoms with van der Waals surface area (Å²) in [6.45, 7) is 4.48. The lowest BCUT2D eigenvalue weighted by Crippen LogP contribution is -2.10. The molecule has 2 heteroatoms. The Bertz CT molecular complexity index is 324. The SMILES string of the molecule is CC[C@@H]1CNC[C@H]1c1ccccc1OC. The number of benzene rings is 1. The van der Waals surface area contributed by atoms with E-state index < -0.39 is 0 Å². The molecule has 0 aromatic heterocycles. The topological polar surface area (TPSA) is 21.3 Å². The molecule has 1 saturated heterocycles. The maximum absolute atomic E-state index is 5.42. The highest BCUT2D eigenvalue weighted by Gasteiger charge is 2.28. The molecular weight excluding hydrogens is 186 g/mol. The van der Waals surface area contributed by atoms with Gasteiger partial charge in [0.25, 0.3) is 0 Å². The van der Waals surface area contributed by atoms with Gasteiger partial charge in [0.2, 0.25) is 0 Å². The van der Waals surface area contributed by atoms with Crippen LogP contribution in [-0.4, -0.2) is 20.2 Å². The zero-order valence-electron chi connectivity index (χ0n) is 9.49. The van der Waals surface area contributed by atoms with Crippen LogP contribution in [0.5, 0.6) is 5.75 Å². The predicted molar refractivity (Wildman–Crippen MR) is 62.4 cm³/mol. The number of ether oxygens (including phenoxy) is 1. The van der Waals surface area contributed by atoms with Crippen LogP contribution in [0.2, 0.25) is 0 Å². The zero-order valence-corrected chi connectivity index (χ0v) is 9.49. The van der Waals surface area contributed by atoms with Gasteiger partial charge >= 0.3 is 0 Å². The lowest BCUT2D eigenvalue weighted by atomic mass is 9.87. The van der Waals surface area contributed by atoms with Crippen molar-refractivity contribution in [2.24, 2.45) is 5.92 Å². The molecule has 1 fully saturated rings. The molecule has 0 amide bonds. The zero-order chi connectivity index (χ0) is 10.7. The second-order valence-corrected chi connectivity index (χ2v) is 4.18. The van der Waals surface area contributed by atoms with Crippen LogP contribution in [0.3, 0.4) is 0 Å². The first kappa shape index (κ1) is 10.5. The van der Waals surface area contributed by atoms with Crippen molar-refractivity contribution in [2.45, 2.75) is 19.3 Å². The van der Waals surface area contributed by atoms with Gasteiger partial charge in [0.15, 0.2) is 0 Å². The fraction of sp³-hybridized carbons (Fsp3) is 0.538. The van der Waals surface area contributed by atoms with Crippen LogP contribution in [-0.2, 0) is 0 Å². The smallest absolute Gasteiger partial charge is 0.122 e. The molecule has 0 saturated carbocycles. The van der Waals surface area contributed by atoms with E-state index >= 15 is 0 Å². The van der Waals surface area contributed by atoms with Crippen LogP contribution in [0.1, 0.15) is 24.8 Å². The van der Waals surface area contributed by atoms with Crippen molar-refractivity contribution in [3.8, 4) is 5.75 Å². The van der Waals surface area contributed by atoms with E-state index in [9.17, 15) is 0 Å². The largest absolute Gasteiger partial charge is 0.496 e. The number of hydrogen-bond acceptors (Lipinski definition) is 2. The minimum atomic E-state index is 0.617. The summed E-state index contributed by atoms with van der Waals surface area (Å²) >= 11 is 0. The highest BCUT2D eigenvalue weighted by Crippen LogP contribution is 2.35. The number of nitrogens with one attached hydrogen (secondary N) is 1. The average Bonchev–Trinajstić information content (AvgIpc) is 2.76. The molecule has 15 heavy (non-hydrogen) atoms. The third-order valence-electron chi connectivity index (χ3n) is 3.40. The Morgan fingerprint density at radius 2 is 2.13 bits per heavy atom. The molecule has 1 aromatic carbocycles. The highest BCUT2D eigenvalue weighted by molar-refractivity contribution is 5.37. The molecule has 1 heterocycles. The van der Waals surface area contributed by atoms with Crippen LogP contribution in [0, 0.1) is 5.92 Å². The molecule has 0 radical (unpaired) electrons. The van der Waals surface area contributed by atoms with Crippen LogP contribution in [0.4, 0.5) is 0 Å². The van der Waals surface area contributed by atoms with Gasteiger partial charge in [-0.15, -0.1) is 0 Å². The summed E-state index contributed by atoms with van der Waals surface area (Å²) in [5, 5.41) is 3.47. The maximum atomic E-state index is 5.42. The van der Waals surface area contributed by atoms with Gasteiger partial charge in [-0.2, -0.15) is 0 Å². The van der Waals surface area contributed by atoms with Gasteiger partial charge in [0, 0.05) is 12.5 Å². The van der Waals surface area contributed by atoms with Crippen molar-refractivity contribution >= 4 is 0 Å². The van der Waals surface area contributed by atoms with Crippen molar-refractivity contribution in [3.05, 3.63) is 29.8 Å². The van der Waals surface area contributed by atoms with Gasteiger partial charge in [-0.3, -0.25) is 0 Å². The van der Waals surface area contributed by atoms with E-state index in [1.165, 1.54) is 12.0 Å². The molecular formula is C13H19NO. The molecule has 82 valence electrons. The van der Waals surface area contributed by atoms with Gasteiger partial charge in [0.05, 0.1) is 7.11 Å². The number of hydrogen-bond donors (Lipinski definition) is 1. The monoisotopic (exact) mass is 205 g/mol. The number of para-hydroxylation sites is 1. The fourth-order valence-electron chi connectivity index (χ4n) is 2.50. The molecule has 1 N–H and O–H groups in total. The molecule has 0 aliphatic carbocycles. The van der Waals surface area contributed by atoms with E-state index in [0.717, 1.165) is 24.8 Å². The quantitative estimate of drug-likeness (QED) is 0.818. The van der Waals surface area contributed by atoms with Gasteiger partial charge < -0.3 is 10.1 Å². The van der Waals surface area contributed by atoms with Gasteiger partial charge in [-0.25, -0.2) is 0 Å². The number of methoxy groups -OCH3 is 1. The van der Waals surface area contributed by atoms with E-state index in [1.807, 2.05) is 6.07 Å². The summed E-state index contributed by atoms with van der Waals surface area (Å²) in [6, 6.07) is 8.38. The molecule has 1 aliphatic rings. The maximum Gasteiger partial charge on any atom is 0.122 e. The summed E-state index contributed by atoms with van der Waals surface area (Å²) in [5.74, 6) is 2.40. The third kappa shape index (κ3) is 2.00. The average molecular weight is 205 g/mol. The Kier molecular flexibility index (Phi) is 3.27. The molecule has 2 nitrogen and oxygen atoms in total. The summed E-state index contributed by atoms with van der Waals surface area (Å²) in [4.78, 5) is 0. The summed E-state index contributed by atoms with van der Waals surface area (Å²) in [7, 11) is 1.75. The van der Waals surface area contributed by atoms with Crippen molar-refractivity contribution in [3.63, 3.8) is 0 Å². The first-order valence-corrected chi connectivity index (χ1v) is 5.70. The van der Waals surface area contributed by atoms with Gasteiger partial charge in [-0.1, -0.05) is 31.5 Å². The Hall–Kier alpha value is -1.02. The van der Waals surface area contributed by atoms with E-state index in [-0.39, 0.29) is 0 Å². The Labute approximate surface area is 91.6 Å². The van der Waals surface area contributed by atoms with Crippen molar-refractivity contribution in [1.82, 2.24) is 5.32 Å². The standard InChI is InChI=1S/C13H19NO/c1-3-10-8-14-9-12(10)11-6-4-5-7-13(11)15-2/h4-7,10,12,14H,3,8-9H2,1-2H3/t10-,12-/m1/s1. The van der Waals surface area contributed by atoms with Crippen molar-refractivity contribution < 1.29 is 4.74 Å². The number of rotatable bonds is 3. The second kappa shape index (κ2) is 4.67. The molecule has 0 unspecified atom stereocenters. The fourth-order valence-corrected chi connectivity index (χ4v) is 2.50. The van der Waals surface area contributed by atoms with Crippen LogP contribution in [0.25, 0.3) is 0 Å². The summed E-state index contributed by atoms with van der Waals surface area (Å²) in [5.41, 5.74) is 1.36. The lowest BCUT2D eigenvalue weighted by Gasteiger charge is -2.19. The van der Waals surface area contributed by atoms with Crippen molar-refractivity contribution in [1.29, 1.82) is 0 Å². The normalized spacial score (nSPS) is 25.5. The Morgan fingerprint density at radius 1 is 1.33 bits per heavy atom. The Morgan fingerprint density at radius 3 is 2.87 bits per heavy atom. The van der Waals surface area contributed by atoms with Crippen LogP contribution < -0.4 is 10.1 Å². The molecule has 0 spiro atoms. The second-order valence-electron chi connectivity index (χ2n) is 4.18. The summed E-state index contributed by atoms with van der Waals surface area (Å²) < 4.78 is 5.42. The summed E-state index contributed by atoms with van der Waals surface area (Å²) in [6.07, 6.45) is 1.23. The molecule has 1 aliphatic heterocycles. The molecule has 0 bridgehead atoms. The van der Waals surface area contributed by atoms with Crippen LogP contribution in [0.15, 0.2) is 24.3 Å². The van der Waals surface area contributed by atoms with E-state index in [0.29, 0.717) is 5.92 Å². The lowest BCUT2D eigenvalue weighted by molar-refractivity contribution is 0.397. The Balaban J connectivity index is 2.27. The van der Waals surface area contributed by atoms with Gasteiger partial charge in [0.1, 0.15) is 5.75 Å². The van der Waals surface area contributed by atoms with E-state index in [4.69, 9.17) is 4.74 Å². The van der Waals surface area contributed by atoms with Crippen LogP contribution >= 0.6 is 0 Å². The minimum absolute atomic E-state index is 0.617.